The zero-order chi connectivity index (χ0) is 14.8. The second kappa shape index (κ2) is 5.77. The Kier molecular flexibility index (Phi) is 3.84. The third-order valence-electron chi connectivity index (χ3n) is 3.96. The molecule has 112 valence electrons. The Morgan fingerprint density at radius 3 is 2.95 bits per heavy atom. The Bertz CT molecular complexity index is 617. The Balaban J connectivity index is 1.79. The Morgan fingerprint density at radius 1 is 1.38 bits per heavy atom. The smallest absolute Gasteiger partial charge is 0.138 e. The molecule has 1 atom stereocenters. The average Bonchev–Trinajstić information content (AvgIpc) is 2.83. The lowest BCUT2D eigenvalue weighted by Gasteiger charge is -2.27. The summed E-state index contributed by atoms with van der Waals surface area (Å²) in [6.07, 6.45) is 0.934. The summed E-state index contributed by atoms with van der Waals surface area (Å²) in [7, 11) is 1.68. The quantitative estimate of drug-likeness (QED) is 0.937. The lowest BCUT2D eigenvalue weighted by Crippen LogP contribution is -2.27. The molecule has 2 aromatic rings. The van der Waals surface area contributed by atoms with E-state index in [1.807, 2.05) is 32.0 Å². The van der Waals surface area contributed by atoms with Crippen LogP contribution < -0.4 is 14.8 Å². The second-order valence-electron chi connectivity index (χ2n) is 5.28. The van der Waals surface area contributed by atoms with Gasteiger partial charge in [0.2, 0.25) is 0 Å². The van der Waals surface area contributed by atoms with Gasteiger partial charge in [-0.2, -0.15) is 0 Å². The van der Waals surface area contributed by atoms with Crippen LogP contribution in [0.5, 0.6) is 11.5 Å². The molecule has 0 radical (unpaired) electrons. The largest absolute Gasteiger partial charge is 0.497 e. The maximum Gasteiger partial charge on any atom is 0.138 e. The van der Waals surface area contributed by atoms with Crippen molar-refractivity contribution in [3.63, 3.8) is 0 Å². The van der Waals surface area contributed by atoms with Crippen LogP contribution in [0.15, 0.2) is 22.7 Å². The third-order valence-corrected chi connectivity index (χ3v) is 3.96. The number of benzene rings is 1. The van der Waals surface area contributed by atoms with E-state index in [0.29, 0.717) is 0 Å². The highest BCUT2D eigenvalue weighted by Gasteiger charge is 2.22. The highest BCUT2D eigenvalue weighted by molar-refractivity contribution is 5.43. The van der Waals surface area contributed by atoms with Crippen molar-refractivity contribution in [2.75, 3.05) is 13.7 Å². The van der Waals surface area contributed by atoms with E-state index in [4.69, 9.17) is 14.0 Å². The van der Waals surface area contributed by atoms with Crippen molar-refractivity contribution < 1.29 is 14.0 Å². The predicted molar refractivity (Wildman–Crippen MR) is 78.7 cm³/mol. The monoisotopic (exact) mass is 288 g/mol. The normalized spacial score (nSPS) is 17.2. The molecule has 21 heavy (non-hydrogen) atoms. The molecule has 0 spiro atoms. The van der Waals surface area contributed by atoms with Crippen LogP contribution in [0.2, 0.25) is 0 Å². The topological polar surface area (TPSA) is 56.5 Å². The van der Waals surface area contributed by atoms with E-state index in [0.717, 1.165) is 53.7 Å². The fourth-order valence-corrected chi connectivity index (χ4v) is 2.69. The van der Waals surface area contributed by atoms with Crippen LogP contribution in [0.4, 0.5) is 0 Å². The van der Waals surface area contributed by atoms with E-state index in [1.54, 1.807) is 7.11 Å². The summed E-state index contributed by atoms with van der Waals surface area (Å²) in [4.78, 5) is 0. The van der Waals surface area contributed by atoms with Crippen LogP contribution in [0.25, 0.3) is 0 Å². The maximum absolute atomic E-state index is 5.71. The van der Waals surface area contributed by atoms with Crippen LogP contribution in [-0.2, 0) is 6.54 Å². The molecule has 5 heteroatoms. The van der Waals surface area contributed by atoms with Gasteiger partial charge in [0, 0.05) is 30.1 Å². The minimum absolute atomic E-state index is 0.248. The number of methoxy groups -OCH3 is 1. The number of fused-ring (bicyclic) bond motifs is 1. The molecule has 1 aliphatic rings. The molecule has 1 aromatic carbocycles. The lowest BCUT2D eigenvalue weighted by molar-refractivity contribution is 0.251. The van der Waals surface area contributed by atoms with Gasteiger partial charge in [-0.15, -0.1) is 0 Å². The van der Waals surface area contributed by atoms with Crippen molar-refractivity contribution in [1.82, 2.24) is 10.5 Å². The molecular formula is C16H20N2O3. The van der Waals surface area contributed by atoms with Gasteiger partial charge in [-0.1, -0.05) is 5.16 Å². The van der Waals surface area contributed by atoms with Gasteiger partial charge >= 0.3 is 0 Å². The molecule has 0 saturated carbocycles. The van der Waals surface area contributed by atoms with E-state index in [1.165, 1.54) is 0 Å². The summed E-state index contributed by atoms with van der Waals surface area (Å²) in [5.41, 5.74) is 3.22. The first-order valence-electron chi connectivity index (χ1n) is 7.15. The van der Waals surface area contributed by atoms with E-state index < -0.39 is 0 Å². The molecule has 0 fully saturated rings. The number of ether oxygens (including phenoxy) is 2. The van der Waals surface area contributed by atoms with Crippen LogP contribution in [0.3, 0.4) is 0 Å². The highest BCUT2D eigenvalue weighted by atomic mass is 16.5. The molecule has 1 aromatic heterocycles. The predicted octanol–water partition coefficient (Wildman–Crippen LogP) is 2.91. The molecule has 0 amide bonds. The molecule has 1 aliphatic heterocycles. The second-order valence-corrected chi connectivity index (χ2v) is 5.28. The summed E-state index contributed by atoms with van der Waals surface area (Å²) in [6, 6.07) is 6.19. The molecular weight excluding hydrogens is 268 g/mol. The minimum atomic E-state index is 0.248. The minimum Gasteiger partial charge on any atom is -0.497 e. The molecule has 0 bridgehead atoms. The number of nitrogens with zero attached hydrogens (tertiary/aromatic N) is 1. The Morgan fingerprint density at radius 2 is 2.24 bits per heavy atom. The number of rotatable bonds is 4. The zero-order valence-electron chi connectivity index (χ0n) is 12.6. The number of nitrogens with one attached hydrogen (secondary N) is 1. The molecule has 0 saturated heterocycles. The highest BCUT2D eigenvalue weighted by Crippen LogP contribution is 2.35. The van der Waals surface area contributed by atoms with Gasteiger partial charge < -0.3 is 19.3 Å². The molecule has 2 heterocycles. The van der Waals surface area contributed by atoms with Crippen LogP contribution in [-0.4, -0.2) is 18.9 Å². The fraction of sp³-hybridized carbons (Fsp3) is 0.438. The van der Waals surface area contributed by atoms with E-state index in [9.17, 15) is 0 Å². The molecule has 5 nitrogen and oxygen atoms in total. The van der Waals surface area contributed by atoms with Gasteiger partial charge in [-0.05, 0) is 32.0 Å². The van der Waals surface area contributed by atoms with Crippen molar-refractivity contribution in [3.05, 3.63) is 40.8 Å². The molecule has 3 rings (SSSR count). The Hall–Kier alpha value is -2.01. The summed E-state index contributed by atoms with van der Waals surface area (Å²) in [6.45, 7) is 5.37. The van der Waals surface area contributed by atoms with Gasteiger partial charge in [0.25, 0.3) is 0 Å². The van der Waals surface area contributed by atoms with E-state index >= 15 is 0 Å². The molecule has 0 aliphatic carbocycles. The van der Waals surface area contributed by atoms with Crippen molar-refractivity contribution in [2.45, 2.75) is 32.9 Å². The van der Waals surface area contributed by atoms with Crippen LogP contribution in [0.1, 0.15) is 35.0 Å². The van der Waals surface area contributed by atoms with Gasteiger partial charge in [-0.25, -0.2) is 0 Å². The fourth-order valence-electron chi connectivity index (χ4n) is 2.69. The molecule has 1 unspecified atom stereocenters. The van der Waals surface area contributed by atoms with Crippen molar-refractivity contribution >= 4 is 0 Å². The van der Waals surface area contributed by atoms with Crippen molar-refractivity contribution in [2.24, 2.45) is 0 Å². The number of hydrogen-bond donors (Lipinski definition) is 1. The standard InChI is InChI=1S/C16H20N2O3/c1-10-14(11(2)21-18-10)9-17-15-6-7-20-16-5-4-12(19-3)8-13(15)16/h4-5,8,15,17H,6-7,9H2,1-3H3. The van der Waals surface area contributed by atoms with Crippen molar-refractivity contribution in [1.29, 1.82) is 0 Å². The van der Waals surface area contributed by atoms with Crippen LogP contribution in [0, 0.1) is 13.8 Å². The first-order valence-corrected chi connectivity index (χ1v) is 7.15. The lowest BCUT2D eigenvalue weighted by atomic mass is 9.99. The summed E-state index contributed by atoms with van der Waals surface area (Å²) in [5.74, 6) is 2.65. The summed E-state index contributed by atoms with van der Waals surface area (Å²) in [5, 5.41) is 7.57. The summed E-state index contributed by atoms with van der Waals surface area (Å²) >= 11 is 0. The maximum atomic E-state index is 5.71. The average molecular weight is 288 g/mol. The van der Waals surface area contributed by atoms with Gasteiger partial charge in [0.15, 0.2) is 0 Å². The van der Waals surface area contributed by atoms with Gasteiger partial charge in [0.1, 0.15) is 17.3 Å². The van der Waals surface area contributed by atoms with Gasteiger partial charge in [-0.3, -0.25) is 0 Å². The first kappa shape index (κ1) is 13.9. The van der Waals surface area contributed by atoms with Gasteiger partial charge in [0.05, 0.1) is 19.4 Å². The van der Waals surface area contributed by atoms with Crippen LogP contribution >= 0.6 is 0 Å². The number of aromatic nitrogens is 1. The van der Waals surface area contributed by atoms with E-state index in [2.05, 4.69) is 10.5 Å². The first-order chi connectivity index (χ1) is 10.2. The SMILES string of the molecule is COc1ccc2c(c1)C(NCc1c(C)noc1C)CCO2. The zero-order valence-corrected chi connectivity index (χ0v) is 12.6. The van der Waals surface area contributed by atoms with E-state index in [-0.39, 0.29) is 6.04 Å². The number of hydrogen-bond acceptors (Lipinski definition) is 5. The Labute approximate surface area is 124 Å². The third kappa shape index (κ3) is 2.74. The number of aryl methyl sites for hydroxylation is 2. The van der Waals surface area contributed by atoms with Crippen molar-refractivity contribution in [3.8, 4) is 11.5 Å². The summed E-state index contributed by atoms with van der Waals surface area (Å²) < 4.78 is 16.2. The molecule has 1 N–H and O–H groups in total.